The number of benzene rings is 3. The van der Waals surface area contributed by atoms with Crippen LogP contribution >= 0.6 is 0 Å². The van der Waals surface area contributed by atoms with Crippen LogP contribution in [0.4, 0.5) is 5.69 Å². The van der Waals surface area contributed by atoms with Gasteiger partial charge in [-0.15, -0.1) is 5.10 Å². The summed E-state index contributed by atoms with van der Waals surface area (Å²) in [6.45, 7) is 2.18. The Balaban J connectivity index is 1.39. The summed E-state index contributed by atoms with van der Waals surface area (Å²) < 4.78 is 7.18. The number of hydrogen-bond donors (Lipinski definition) is 1. The van der Waals surface area contributed by atoms with Crippen molar-refractivity contribution in [1.82, 2.24) is 15.0 Å². The fourth-order valence-corrected chi connectivity index (χ4v) is 4.49. The number of nitrogens with zero attached hydrogens (tertiary/aromatic N) is 4. The van der Waals surface area contributed by atoms with Gasteiger partial charge in [-0.05, 0) is 37.3 Å². The maximum absolute atomic E-state index is 13.4. The van der Waals surface area contributed by atoms with Crippen LogP contribution < -0.4 is 10.5 Å². The van der Waals surface area contributed by atoms with Crippen LogP contribution in [0.3, 0.4) is 0 Å². The van der Waals surface area contributed by atoms with E-state index in [-0.39, 0.29) is 29.4 Å². The normalized spacial score (nSPS) is 12.9. The number of anilines is 1. The number of ketones is 2. The lowest BCUT2D eigenvalue weighted by Gasteiger charge is -2.28. The van der Waals surface area contributed by atoms with Gasteiger partial charge in [-0.3, -0.25) is 15.0 Å². The number of allylic oxidation sites excluding steroid dienone is 2. The molecule has 37 heavy (non-hydrogen) atoms. The van der Waals surface area contributed by atoms with E-state index >= 15 is 0 Å². The lowest BCUT2D eigenvalue weighted by Crippen LogP contribution is -2.31. The van der Waals surface area contributed by atoms with E-state index < -0.39 is 0 Å². The molecule has 2 aromatic heterocycles. The Morgan fingerprint density at radius 3 is 2.51 bits per heavy atom. The number of aromatic nitrogens is 3. The predicted octanol–water partition coefficient (Wildman–Crippen LogP) is 4.77. The Bertz CT molecular complexity index is 1780. The zero-order valence-electron chi connectivity index (χ0n) is 19.9. The fraction of sp³-hybridized carbons (Fsp3) is 0.0690. The number of aryl methyl sites for hydroxylation is 1. The Hall–Kier alpha value is -5.11. The van der Waals surface area contributed by atoms with Crippen LogP contribution in [0.25, 0.3) is 16.7 Å². The van der Waals surface area contributed by atoms with Gasteiger partial charge in [-0.2, -0.15) is 0 Å². The van der Waals surface area contributed by atoms with E-state index in [4.69, 9.17) is 9.83 Å². The zero-order valence-corrected chi connectivity index (χ0v) is 19.9. The fourth-order valence-electron chi connectivity index (χ4n) is 4.49. The molecule has 8 heteroatoms. The number of fused-ring (bicyclic) bond motifs is 2. The topological polar surface area (TPSA) is 105 Å². The summed E-state index contributed by atoms with van der Waals surface area (Å²) in [5.74, 6) is -0.453. The molecule has 0 atom stereocenters. The van der Waals surface area contributed by atoms with Gasteiger partial charge in [0.25, 0.3) is 0 Å². The first-order valence-corrected chi connectivity index (χ1v) is 11.7. The molecule has 0 aliphatic heterocycles. The van der Waals surface area contributed by atoms with E-state index in [9.17, 15) is 9.59 Å². The molecule has 0 radical (unpaired) electrons. The van der Waals surface area contributed by atoms with Gasteiger partial charge >= 0.3 is 0 Å². The van der Waals surface area contributed by atoms with E-state index in [2.05, 4.69) is 10.3 Å². The molecule has 0 amide bonds. The average Bonchev–Trinajstić information content (AvgIpc) is 3.38. The molecule has 0 bridgehead atoms. The molecule has 0 saturated carbocycles. The highest BCUT2D eigenvalue weighted by atomic mass is 16.3. The minimum atomic E-state index is -0.233. The molecular formula is C29H21N5O3. The maximum atomic E-state index is 13.4. The van der Waals surface area contributed by atoms with Gasteiger partial charge in [0.2, 0.25) is 11.3 Å². The van der Waals surface area contributed by atoms with Crippen molar-refractivity contribution in [2.75, 3.05) is 4.90 Å². The van der Waals surface area contributed by atoms with Crippen molar-refractivity contribution in [2.24, 2.45) is 0 Å². The van der Waals surface area contributed by atoms with Gasteiger partial charge in [-0.25, -0.2) is 4.68 Å². The first-order chi connectivity index (χ1) is 18.0. The summed E-state index contributed by atoms with van der Waals surface area (Å²) in [5, 5.41) is 17.7. The Kier molecular flexibility index (Phi) is 5.34. The summed E-state index contributed by atoms with van der Waals surface area (Å²) in [7, 11) is 0. The molecule has 180 valence electrons. The first kappa shape index (κ1) is 22.4. The van der Waals surface area contributed by atoms with Gasteiger partial charge in [0.05, 0.1) is 18.4 Å². The third-order valence-electron chi connectivity index (χ3n) is 6.31. The number of carbonyl (C=O) groups is 2. The molecule has 0 fully saturated rings. The van der Waals surface area contributed by atoms with Crippen LogP contribution in [0.15, 0.2) is 101 Å². The molecule has 0 spiro atoms. The molecule has 1 aliphatic rings. The van der Waals surface area contributed by atoms with Gasteiger partial charge in [0.1, 0.15) is 17.0 Å². The maximum Gasteiger partial charge on any atom is 0.238 e. The summed E-state index contributed by atoms with van der Waals surface area (Å²) >= 11 is 0. The monoisotopic (exact) mass is 487 g/mol. The lowest BCUT2D eigenvalue weighted by atomic mass is 9.92. The number of carbonyl (C=O) groups excluding carboxylic acids is 2. The van der Waals surface area contributed by atoms with Gasteiger partial charge < -0.3 is 9.32 Å². The zero-order chi connectivity index (χ0) is 25.5. The van der Waals surface area contributed by atoms with E-state index in [1.807, 2.05) is 61.5 Å². The third kappa shape index (κ3) is 4.04. The molecule has 8 nitrogen and oxygen atoms in total. The van der Waals surface area contributed by atoms with Crippen molar-refractivity contribution in [3.05, 3.63) is 125 Å². The first-order valence-electron chi connectivity index (χ1n) is 11.7. The Morgan fingerprint density at radius 2 is 1.70 bits per heavy atom. The second-order valence-corrected chi connectivity index (χ2v) is 8.85. The van der Waals surface area contributed by atoms with E-state index in [0.717, 1.165) is 16.6 Å². The average molecular weight is 488 g/mol. The van der Waals surface area contributed by atoms with Crippen molar-refractivity contribution < 1.29 is 14.0 Å². The van der Waals surface area contributed by atoms with Crippen LogP contribution in [0.5, 0.6) is 0 Å². The molecule has 1 aliphatic carbocycles. The van der Waals surface area contributed by atoms with Crippen molar-refractivity contribution in [3.63, 3.8) is 0 Å². The third-order valence-corrected chi connectivity index (χ3v) is 6.31. The van der Waals surface area contributed by atoms with Crippen molar-refractivity contribution >= 4 is 28.2 Å². The van der Waals surface area contributed by atoms with Crippen molar-refractivity contribution in [3.8, 4) is 5.69 Å². The van der Waals surface area contributed by atoms with Crippen LogP contribution in [0, 0.1) is 12.3 Å². The summed E-state index contributed by atoms with van der Waals surface area (Å²) in [6.07, 6.45) is 3.08. The second-order valence-electron chi connectivity index (χ2n) is 8.85. The van der Waals surface area contributed by atoms with Gasteiger partial charge in [0.15, 0.2) is 5.78 Å². The molecule has 0 unspecified atom stereocenters. The lowest BCUT2D eigenvalue weighted by molar-refractivity contribution is 0.0981. The highest BCUT2D eigenvalue weighted by molar-refractivity contribution is 6.25. The summed E-state index contributed by atoms with van der Waals surface area (Å²) in [4.78, 5) is 28.1. The van der Waals surface area contributed by atoms with Crippen LogP contribution in [0.2, 0.25) is 0 Å². The number of Topliss-reactive ketones (excluding diaryl/α,β-unsaturated/α-hetero) is 1. The molecular weight excluding hydrogens is 466 g/mol. The van der Waals surface area contributed by atoms with Crippen molar-refractivity contribution in [1.29, 1.82) is 5.41 Å². The number of nitrogens with one attached hydrogen (secondary N) is 1. The number of rotatable bonds is 5. The predicted molar refractivity (Wildman–Crippen MR) is 138 cm³/mol. The molecule has 6 rings (SSSR count). The minimum absolute atomic E-state index is 0.0416. The smallest absolute Gasteiger partial charge is 0.238 e. The number of para-hydroxylation sites is 1. The molecule has 5 aromatic rings. The summed E-state index contributed by atoms with van der Waals surface area (Å²) in [5.41, 5.74) is 4.42. The molecule has 1 N–H and O–H groups in total. The van der Waals surface area contributed by atoms with Crippen LogP contribution in [0.1, 0.15) is 32.0 Å². The molecule has 2 heterocycles. The summed E-state index contributed by atoms with van der Waals surface area (Å²) in [6, 6.07) is 23.8. The Morgan fingerprint density at radius 1 is 0.946 bits per heavy atom. The van der Waals surface area contributed by atoms with Crippen LogP contribution in [-0.2, 0) is 6.54 Å². The van der Waals surface area contributed by atoms with E-state index in [1.165, 1.54) is 10.8 Å². The second kappa shape index (κ2) is 8.83. The highest BCUT2D eigenvalue weighted by Crippen LogP contribution is 2.29. The molecule has 3 aromatic carbocycles. The van der Waals surface area contributed by atoms with E-state index in [0.29, 0.717) is 28.1 Å². The number of hydrogen-bond acceptors (Lipinski definition) is 7. The van der Waals surface area contributed by atoms with Gasteiger partial charge in [0, 0.05) is 28.3 Å². The Labute approximate surface area is 211 Å². The van der Waals surface area contributed by atoms with Gasteiger partial charge in [-0.1, -0.05) is 59.3 Å². The highest BCUT2D eigenvalue weighted by Gasteiger charge is 2.30. The molecule has 0 saturated heterocycles. The standard InChI is InChI=1S/C29H21N5O3/c1-18-11-12-27-19(13-18)14-25(29(30)37-27)34-17-20(31-32-34)16-33(21-7-3-2-4-8-21)24-15-26(35)22-9-5-6-10-23(22)28(24)36/h2-15,17,30H,16H2,1H3. The largest absolute Gasteiger partial charge is 0.437 e. The quantitative estimate of drug-likeness (QED) is 0.383. The van der Waals surface area contributed by atoms with Crippen LogP contribution in [-0.4, -0.2) is 26.6 Å². The minimum Gasteiger partial charge on any atom is -0.437 e. The van der Waals surface area contributed by atoms with E-state index in [1.54, 1.807) is 35.4 Å². The SMILES string of the molecule is Cc1ccc2oc(=N)c(-n3cc(CN(C4=CC(=O)c5ccccc5C4=O)c4ccccc4)nn3)cc2c1. The van der Waals surface area contributed by atoms with Crippen molar-refractivity contribution in [2.45, 2.75) is 13.5 Å².